The molecule has 0 amide bonds. The van der Waals surface area contributed by atoms with Crippen molar-refractivity contribution in [2.45, 2.75) is 69.2 Å². The number of fused-ring (bicyclic) bond motifs is 2. The normalized spacial score (nSPS) is 17.3. The molecule has 56 heavy (non-hydrogen) atoms. The highest BCUT2D eigenvalue weighted by Crippen LogP contribution is 2.51. The van der Waals surface area contributed by atoms with Crippen LogP contribution >= 0.6 is 0 Å². The van der Waals surface area contributed by atoms with Crippen LogP contribution in [0.15, 0.2) is 181 Å². The van der Waals surface area contributed by atoms with Crippen LogP contribution in [0.5, 0.6) is 0 Å². The first-order valence-electron chi connectivity index (χ1n) is 20.2. The van der Waals surface area contributed by atoms with Crippen molar-refractivity contribution in [3.05, 3.63) is 204 Å². The molecule has 0 saturated heterocycles. The van der Waals surface area contributed by atoms with Gasteiger partial charge in [0.15, 0.2) is 0 Å². The molecule has 0 fully saturated rings. The van der Waals surface area contributed by atoms with E-state index in [4.69, 9.17) is 8.85 Å². The molecule has 2 aliphatic carbocycles. The van der Waals surface area contributed by atoms with E-state index in [9.17, 15) is 0 Å². The van der Waals surface area contributed by atoms with E-state index < -0.39 is 25.4 Å². The zero-order valence-electron chi connectivity index (χ0n) is 33.9. The average Bonchev–Trinajstić information content (AvgIpc) is 3.77. The molecule has 0 bridgehead atoms. The molecule has 0 aliphatic heterocycles. The summed E-state index contributed by atoms with van der Waals surface area (Å²) in [5, 5.41) is 4.88. The lowest BCUT2D eigenvalue weighted by Crippen LogP contribution is -2.66. The van der Waals surface area contributed by atoms with Crippen LogP contribution in [0.4, 0.5) is 0 Å². The van der Waals surface area contributed by atoms with Gasteiger partial charge in [-0.05, 0) is 65.2 Å². The molecule has 6 aromatic rings. The summed E-state index contributed by atoms with van der Waals surface area (Å²) in [7, 11) is -7.71. The molecule has 0 aromatic heterocycles. The lowest BCUT2D eigenvalue weighted by molar-refractivity contribution is 0.380. The molecule has 282 valence electrons. The molecular weight excluding hydrogens is 729 g/mol. The molecular formula is C51H54O2Si3. The monoisotopic (exact) mass is 782 g/mol. The fraction of sp³-hybridized carbons (Fsp3) is 0.216. The van der Waals surface area contributed by atoms with Gasteiger partial charge in [0, 0.05) is 11.1 Å². The van der Waals surface area contributed by atoms with E-state index in [1.165, 1.54) is 43.0 Å². The molecule has 0 N–H and O–H groups in total. The Morgan fingerprint density at radius 3 is 0.946 bits per heavy atom. The topological polar surface area (TPSA) is 18.5 Å². The average molecular weight is 783 g/mol. The largest absolute Gasteiger partial charge is 0.537 e. The molecule has 0 radical (unpaired) electrons. The maximum atomic E-state index is 8.01. The quantitative estimate of drug-likeness (QED) is 0.129. The fourth-order valence-electron chi connectivity index (χ4n) is 9.76. The minimum atomic E-state index is -2.91. The Labute approximate surface area is 338 Å². The predicted octanol–water partition coefficient (Wildman–Crippen LogP) is 10.4. The highest BCUT2D eigenvalue weighted by atomic mass is 28.4. The Balaban J connectivity index is 1.29. The van der Waals surface area contributed by atoms with Crippen molar-refractivity contribution >= 4 is 58.3 Å². The molecule has 5 heteroatoms. The summed E-state index contributed by atoms with van der Waals surface area (Å²) in [6.45, 7) is 16.8. The standard InChI is InChI=1S/C51H54O2Si3/c1-50(2,3)55(40-26-12-8-13-27-40,41-28-14-9-15-29-41)52-46-36-38-24-20-22-34-44(38)48(46)54(7)49-45-35-23-21-25-39(45)37-47(49)53-56(51(4,5)6,42-30-16-10-17-31-42)43-32-18-11-19-33-43/h8-37,48-49,54H,1-7H3. The molecule has 0 spiro atoms. The van der Waals surface area contributed by atoms with Crippen LogP contribution in [0.3, 0.4) is 0 Å². The first kappa shape index (κ1) is 37.9. The van der Waals surface area contributed by atoms with E-state index in [-0.39, 0.29) is 21.2 Å². The van der Waals surface area contributed by atoms with Crippen molar-refractivity contribution in [1.29, 1.82) is 0 Å². The SMILES string of the molecule is C[SiH](C1C(O[Si](c2ccccc2)(c2ccccc2)C(C)(C)C)=Cc2ccccc21)C1C(O[Si](c2ccccc2)(c2ccccc2)C(C)(C)C)=Cc2ccccc21. The van der Waals surface area contributed by atoms with Gasteiger partial charge in [0.05, 0.1) is 20.3 Å². The predicted molar refractivity (Wildman–Crippen MR) is 245 cm³/mol. The molecule has 2 aliphatic rings. The molecule has 0 saturated carbocycles. The van der Waals surface area contributed by atoms with Crippen LogP contribution in [0.1, 0.15) is 74.9 Å². The van der Waals surface area contributed by atoms with Crippen molar-refractivity contribution < 1.29 is 8.85 Å². The summed E-state index contributed by atoms with van der Waals surface area (Å²) in [5.74, 6) is 2.24. The van der Waals surface area contributed by atoms with Crippen molar-refractivity contribution in [2.75, 3.05) is 0 Å². The smallest absolute Gasteiger partial charge is 0.319 e. The molecule has 2 unspecified atom stereocenters. The second-order valence-electron chi connectivity index (χ2n) is 17.7. The van der Waals surface area contributed by atoms with Gasteiger partial charge in [-0.1, -0.05) is 218 Å². The van der Waals surface area contributed by atoms with Crippen LogP contribution in [0, 0.1) is 0 Å². The fourth-order valence-corrected chi connectivity index (χ4v) is 22.5. The molecule has 8 rings (SSSR count). The maximum Gasteiger partial charge on any atom is 0.319 e. The minimum Gasteiger partial charge on any atom is -0.537 e. The third-order valence-electron chi connectivity index (χ3n) is 12.3. The van der Waals surface area contributed by atoms with Gasteiger partial charge < -0.3 is 8.85 Å². The van der Waals surface area contributed by atoms with Gasteiger partial charge in [-0.3, -0.25) is 0 Å². The van der Waals surface area contributed by atoms with Crippen LogP contribution in [-0.4, -0.2) is 25.4 Å². The van der Waals surface area contributed by atoms with Crippen LogP contribution in [-0.2, 0) is 8.85 Å². The van der Waals surface area contributed by atoms with Gasteiger partial charge >= 0.3 is 16.6 Å². The Hall–Kier alpha value is -4.95. The van der Waals surface area contributed by atoms with E-state index in [0.717, 1.165) is 11.5 Å². The Morgan fingerprint density at radius 1 is 0.393 bits per heavy atom. The third-order valence-corrected chi connectivity index (χ3v) is 25.7. The van der Waals surface area contributed by atoms with E-state index in [1.54, 1.807) is 0 Å². The summed E-state index contributed by atoms with van der Waals surface area (Å²) < 4.78 is 16.0. The zero-order chi connectivity index (χ0) is 39.1. The maximum absolute atomic E-state index is 8.01. The Morgan fingerprint density at radius 2 is 0.661 bits per heavy atom. The molecule has 6 aromatic carbocycles. The molecule has 0 heterocycles. The van der Waals surface area contributed by atoms with Crippen molar-refractivity contribution in [3.63, 3.8) is 0 Å². The van der Waals surface area contributed by atoms with E-state index in [0.29, 0.717) is 0 Å². The number of rotatable bonds is 10. The van der Waals surface area contributed by atoms with Crippen LogP contribution in [0.25, 0.3) is 12.2 Å². The van der Waals surface area contributed by atoms with Gasteiger partial charge in [0.25, 0.3) is 0 Å². The summed E-state index contributed by atoms with van der Waals surface area (Å²) in [4.78, 5) is 0. The van der Waals surface area contributed by atoms with E-state index in [1.807, 2.05) is 0 Å². The highest BCUT2D eigenvalue weighted by Gasteiger charge is 2.56. The van der Waals surface area contributed by atoms with Gasteiger partial charge in [-0.15, -0.1) is 0 Å². The second-order valence-corrected chi connectivity index (χ2v) is 29.2. The summed E-state index contributed by atoms with van der Waals surface area (Å²) in [6, 6.07) is 62.4. The summed E-state index contributed by atoms with van der Waals surface area (Å²) in [6.07, 6.45) is 4.77. The number of allylic oxidation sites excluding steroid dienone is 2. The van der Waals surface area contributed by atoms with Crippen LogP contribution < -0.4 is 20.7 Å². The summed E-state index contributed by atoms with van der Waals surface area (Å²) >= 11 is 0. The second kappa shape index (κ2) is 14.8. The lowest BCUT2D eigenvalue weighted by atomic mass is 10.1. The molecule has 2 nitrogen and oxygen atoms in total. The number of hydrogen-bond acceptors (Lipinski definition) is 2. The van der Waals surface area contributed by atoms with Crippen molar-refractivity contribution in [3.8, 4) is 0 Å². The van der Waals surface area contributed by atoms with Crippen LogP contribution in [0.2, 0.25) is 16.6 Å². The van der Waals surface area contributed by atoms with E-state index in [2.05, 4.69) is 230 Å². The molecule has 2 atom stereocenters. The van der Waals surface area contributed by atoms with Gasteiger partial charge in [-0.25, -0.2) is 0 Å². The third kappa shape index (κ3) is 6.40. The first-order valence-corrected chi connectivity index (χ1v) is 26.5. The van der Waals surface area contributed by atoms with Crippen molar-refractivity contribution in [2.24, 2.45) is 0 Å². The van der Waals surface area contributed by atoms with E-state index >= 15 is 0 Å². The minimum absolute atomic E-state index is 0.148. The Bertz CT molecular complexity index is 2110. The summed E-state index contributed by atoms with van der Waals surface area (Å²) in [5.41, 5.74) is 5.61. The number of hydrogen-bond donors (Lipinski definition) is 0. The highest BCUT2D eigenvalue weighted by molar-refractivity contribution is 7.00. The number of benzene rings is 6. The van der Waals surface area contributed by atoms with Gasteiger partial charge in [-0.2, -0.15) is 0 Å². The Kier molecular flexibility index (Phi) is 10.1. The van der Waals surface area contributed by atoms with Gasteiger partial charge in [0.1, 0.15) is 0 Å². The van der Waals surface area contributed by atoms with Crippen molar-refractivity contribution in [1.82, 2.24) is 0 Å². The lowest BCUT2D eigenvalue weighted by Gasteiger charge is -2.46. The van der Waals surface area contributed by atoms with Gasteiger partial charge in [0.2, 0.25) is 0 Å². The zero-order valence-corrected chi connectivity index (χ0v) is 37.0. The first-order chi connectivity index (χ1) is 27.0.